The van der Waals surface area contributed by atoms with Gasteiger partial charge in [-0.15, -0.1) is 0 Å². The molecule has 2 aromatic rings. The van der Waals surface area contributed by atoms with Crippen molar-refractivity contribution < 1.29 is 27.6 Å². The Hall–Kier alpha value is -2.24. The van der Waals surface area contributed by atoms with Gasteiger partial charge in [0.15, 0.2) is 12.0 Å². The first-order valence-corrected chi connectivity index (χ1v) is 11.3. The van der Waals surface area contributed by atoms with Crippen molar-refractivity contribution in [2.75, 3.05) is 20.8 Å². The number of nitro groups is 1. The molecule has 0 aliphatic heterocycles. The summed E-state index contributed by atoms with van der Waals surface area (Å²) in [5.41, 5.74) is 0.704. The molecular weight excluding hydrogens is 448 g/mol. The fourth-order valence-electron chi connectivity index (χ4n) is 4.14. The molecule has 3 rings (SSSR count). The summed E-state index contributed by atoms with van der Waals surface area (Å²) in [6.45, 7) is 0.00351. The van der Waals surface area contributed by atoms with Gasteiger partial charge < -0.3 is 14.2 Å². The molecule has 1 aliphatic rings. The molecule has 0 saturated heterocycles. The quantitative estimate of drug-likeness (QED) is 0.356. The van der Waals surface area contributed by atoms with Crippen LogP contribution in [0.15, 0.2) is 41.3 Å². The van der Waals surface area contributed by atoms with Crippen LogP contribution in [0.1, 0.15) is 24.0 Å². The number of primary sulfonamides is 1. The lowest BCUT2D eigenvalue weighted by atomic mass is 9.69. The van der Waals surface area contributed by atoms with Crippen molar-refractivity contribution in [3.8, 4) is 5.75 Å². The Morgan fingerprint density at radius 1 is 1.23 bits per heavy atom. The lowest BCUT2D eigenvalue weighted by Crippen LogP contribution is -2.49. The number of hydrogen-bond donors (Lipinski definition) is 1. The van der Waals surface area contributed by atoms with Gasteiger partial charge in [-0.2, -0.15) is 0 Å². The topological polar surface area (TPSA) is 131 Å². The number of benzene rings is 2. The van der Waals surface area contributed by atoms with Gasteiger partial charge in [-0.05, 0) is 54.7 Å². The Balaban J connectivity index is 2.04. The molecule has 31 heavy (non-hydrogen) atoms. The van der Waals surface area contributed by atoms with Crippen molar-refractivity contribution >= 4 is 27.3 Å². The van der Waals surface area contributed by atoms with Gasteiger partial charge in [0.25, 0.3) is 0 Å². The largest absolute Gasteiger partial charge is 0.486 e. The number of hydrogen-bond acceptors (Lipinski definition) is 7. The van der Waals surface area contributed by atoms with Crippen molar-refractivity contribution in [1.82, 2.24) is 0 Å². The van der Waals surface area contributed by atoms with E-state index in [1.807, 2.05) is 12.1 Å². The van der Waals surface area contributed by atoms with Gasteiger partial charge in [-0.1, -0.05) is 17.7 Å². The number of ether oxygens (including phenoxy) is 3. The average molecular weight is 471 g/mol. The fraction of sp³-hybridized carbons (Fsp3) is 0.400. The third-order valence-corrected chi connectivity index (χ3v) is 6.64. The number of rotatable bonds is 8. The molecule has 0 saturated carbocycles. The average Bonchev–Trinajstić information content (AvgIpc) is 2.72. The van der Waals surface area contributed by atoms with Crippen LogP contribution in [-0.2, 0) is 31.3 Å². The second-order valence-corrected chi connectivity index (χ2v) is 9.33. The second-order valence-electron chi connectivity index (χ2n) is 7.33. The van der Waals surface area contributed by atoms with Crippen LogP contribution in [0, 0.1) is 10.1 Å². The van der Waals surface area contributed by atoms with Crippen molar-refractivity contribution in [3.63, 3.8) is 0 Å². The standard InChI is InChI=1S/C20H23ClN2O7S/c1-28-19(29-2)20(9-3-4-13-10-14(21)5-7-16(13)20)12-30-18-8-6-15(31(22,26)27)11-17(18)23(24)25/h5-8,10-11,19H,3-4,9,12H2,1-2H3,(H2,22,26,27). The lowest BCUT2D eigenvalue weighted by Gasteiger charge is -2.42. The molecule has 1 unspecified atom stereocenters. The molecule has 0 radical (unpaired) electrons. The highest BCUT2D eigenvalue weighted by Gasteiger charge is 2.45. The van der Waals surface area contributed by atoms with E-state index in [4.69, 9.17) is 31.0 Å². The van der Waals surface area contributed by atoms with Gasteiger partial charge >= 0.3 is 5.69 Å². The predicted molar refractivity (Wildman–Crippen MR) is 114 cm³/mol. The van der Waals surface area contributed by atoms with E-state index in [0.29, 0.717) is 11.4 Å². The molecule has 0 heterocycles. The first-order chi connectivity index (χ1) is 14.6. The monoisotopic (exact) mass is 470 g/mol. The summed E-state index contributed by atoms with van der Waals surface area (Å²) in [6.07, 6.45) is 1.60. The molecule has 0 spiro atoms. The van der Waals surface area contributed by atoms with E-state index >= 15 is 0 Å². The Morgan fingerprint density at radius 3 is 2.55 bits per heavy atom. The van der Waals surface area contributed by atoms with Crippen LogP contribution >= 0.6 is 11.6 Å². The number of halogens is 1. The Kier molecular flexibility index (Phi) is 6.87. The minimum absolute atomic E-state index is 0.00351. The normalized spacial score (nSPS) is 18.6. The Morgan fingerprint density at radius 2 is 1.94 bits per heavy atom. The summed E-state index contributed by atoms with van der Waals surface area (Å²) >= 11 is 6.17. The molecule has 11 heteroatoms. The van der Waals surface area contributed by atoms with E-state index in [1.54, 1.807) is 6.07 Å². The minimum Gasteiger partial charge on any atom is -0.486 e. The molecule has 0 aromatic heterocycles. The van der Waals surface area contributed by atoms with E-state index in [1.165, 1.54) is 26.4 Å². The third-order valence-electron chi connectivity index (χ3n) is 5.49. The van der Waals surface area contributed by atoms with Gasteiger partial charge in [-0.3, -0.25) is 10.1 Å². The fourth-order valence-corrected chi connectivity index (χ4v) is 4.87. The van der Waals surface area contributed by atoms with Gasteiger partial charge in [0, 0.05) is 25.3 Å². The number of methoxy groups -OCH3 is 2. The lowest BCUT2D eigenvalue weighted by molar-refractivity contribution is -0.386. The van der Waals surface area contributed by atoms with Gasteiger partial charge in [0.1, 0.15) is 6.61 Å². The molecule has 2 aromatic carbocycles. The highest BCUT2D eigenvalue weighted by Crippen LogP contribution is 2.43. The van der Waals surface area contributed by atoms with Crippen LogP contribution in [-0.4, -0.2) is 40.5 Å². The van der Waals surface area contributed by atoms with Crippen LogP contribution in [0.3, 0.4) is 0 Å². The molecule has 1 aliphatic carbocycles. The summed E-state index contributed by atoms with van der Waals surface area (Å²) in [7, 11) is -1.07. The van der Waals surface area contributed by atoms with Crippen LogP contribution in [0.2, 0.25) is 5.02 Å². The number of aryl methyl sites for hydroxylation is 1. The van der Waals surface area contributed by atoms with E-state index in [2.05, 4.69) is 0 Å². The molecule has 0 bridgehead atoms. The molecule has 0 amide bonds. The van der Waals surface area contributed by atoms with Gasteiger partial charge in [0.2, 0.25) is 10.0 Å². The molecule has 2 N–H and O–H groups in total. The van der Waals surface area contributed by atoms with E-state index in [-0.39, 0.29) is 17.3 Å². The number of sulfonamides is 1. The van der Waals surface area contributed by atoms with Crippen LogP contribution < -0.4 is 9.88 Å². The minimum atomic E-state index is -4.10. The highest BCUT2D eigenvalue weighted by molar-refractivity contribution is 7.89. The molecule has 1 atom stereocenters. The number of fused-ring (bicyclic) bond motifs is 1. The number of nitrogens with two attached hydrogens (primary N) is 1. The molecule has 168 valence electrons. The molecule has 0 fully saturated rings. The van der Waals surface area contributed by atoms with Crippen molar-refractivity contribution in [1.29, 1.82) is 0 Å². The predicted octanol–water partition coefficient (Wildman–Crippen LogP) is 3.17. The van der Waals surface area contributed by atoms with Crippen molar-refractivity contribution in [2.24, 2.45) is 5.14 Å². The smallest absolute Gasteiger partial charge is 0.312 e. The number of nitro benzene ring substituents is 1. The third kappa shape index (κ3) is 4.68. The van der Waals surface area contributed by atoms with E-state index in [0.717, 1.165) is 30.0 Å². The van der Waals surface area contributed by atoms with Crippen LogP contribution in [0.5, 0.6) is 5.75 Å². The van der Waals surface area contributed by atoms with E-state index in [9.17, 15) is 18.5 Å². The summed E-state index contributed by atoms with van der Waals surface area (Å²) in [6, 6.07) is 8.83. The number of nitrogens with zero attached hydrogens (tertiary/aromatic N) is 1. The Labute approximate surface area is 185 Å². The maximum absolute atomic E-state index is 11.6. The van der Waals surface area contributed by atoms with E-state index < -0.39 is 32.3 Å². The summed E-state index contributed by atoms with van der Waals surface area (Å²) in [5.74, 6) is -0.0798. The zero-order valence-corrected chi connectivity index (χ0v) is 18.6. The second kappa shape index (κ2) is 9.09. The van der Waals surface area contributed by atoms with Gasteiger partial charge in [-0.25, -0.2) is 13.6 Å². The van der Waals surface area contributed by atoms with Gasteiger partial charge in [0.05, 0.1) is 15.2 Å². The zero-order valence-electron chi connectivity index (χ0n) is 17.0. The summed E-state index contributed by atoms with van der Waals surface area (Å²) < 4.78 is 40.3. The molecule has 9 nitrogen and oxygen atoms in total. The van der Waals surface area contributed by atoms with Crippen molar-refractivity contribution in [2.45, 2.75) is 35.9 Å². The van der Waals surface area contributed by atoms with Crippen LogP contribution in [0.4, 0.5) is 5.69 Å². The first kappa shape index (κ1) is 23.4. The van der Waals surface area contributed by atoms with Crippen molar-refractivity contribution in [3.05, 3.63) is 62.7 Å². The Bertz CT molecular complexity index is 1090. The zero-order chi connectivity index (χ0) is 22.8. The summed E-state index contributed by atoms with van der Waals surface area (Å²) in [4.78, 5) is 10.5. The SMILES string of the molecule is COC(OC)C1(COc2ccc(S(N)(=O)=O)cc2[N+](=O)[O-])CCCc2cc(Cl)ccc21. The maximum atomic E-state index is 11.6. The van der Waals surface area contributed by atoms with Crippen LogP contribution in [0.25, 0.3) is 0 Å². The summed E-state index contributed by atoms with van der Waals surface area (Å²) in [5, 5.41) is 17.2. The molecular formula is C20H23ClN2O7S. The first-order valence-electron chi connectivity index (χ1n) is 9.41. The maximum Gasteiger partial charge on any atom is 0.312 e. The highest BCUT2D eigenvalue weighted by atomic mass is 35.5.